The molecule has 1 atom stereocenters. The van der Waals surface area contributed by atoms with Crippen molar-refractivity contribution >= 4 is 34.0 Å². The normalized spacial score (nSPS) is 11.8. The molecule has 0 aromatic heterocycles. The molecule has 3 N–H and O–H groups in total. The summed E-state index contributed by atoms with van der Waals surface area (Å²) >= 11 is 0. The zero-order valence-corrected chi connectivity index (χ0v) is 21.4. The number of alkyl carbamates (subject to hydrolysis) is 1. The van der Waals surface area contributed by atoms with Gasteiger partial charge in [-0.2, -0.15) is 0 Å². The average molecular weight is 548 g/mol. The Morgan fingerprint density at radius 3 is 2.00 bits per heavy atom. The Kier molecular flexibility index (Phi) is 12.5. The SMILES string of the molecule is CCOC(=O)/C=C/C(=O)NNS(=O)(=O)CCC(NC(=O)OCc1ccccc1)C(=O)OCc1ccccc1. The number of rotatable bonds is 14. The van der Waals surface area contributed by atoms with Crippen molar-refractivity contribution in [1.29, 1.82) is 0 Å². The molecule has 12 nitrogen and oxygen atoms in total. The summed E-state index contributed by atoms with van der Waals surface area (Å²) in [4.78, 5) is 49.8. The van der Waals surface area contributed by atoms with Gasteiger partial charge in [0.25, 0.3) is 5.91 Å². The van der Waals surface area contributed by atoms with Crippen LogP contribution < -0.4 is 15.6 Å². The van der Waals surface area contributed by atoms with E-state index < -0.39 is 52.2 Å². The standard InChI is InChI=1S/C25H29N3O9S/c1-2-35-23(30)14-13-22(29)27-28-38(33,34)16-15-21(24(31)36-17-19-9-5-3-6-10-19)26-25(32)37-18-20-11-7-4-8-12-20/h3-14,21,28H,2,15-18H2,1H3,(H,26,32)(H,27,29)/b14-13+. The number of ether oxygens (including phenoxy) is 3. The third kappa shape index (κ3) is 12.1. The van der Waals surface area contributed by atoms with E-state index in [-0.39, 0.29) is 19.8 Å². The highest BCUT2D eigenvalue weighted by Gasteiger charge is 2.26. The Labute approximate surface area is 220 Å². The summed E-state index contributed by atoms with van der Waals surface area (Å²) in [5.74, 6) is -3.24. The van der Waals surface area contributed by atoms with Gasteiger partial charge in [-0.25, -0.2) is 22.8 Å². The molecule has 38 heavy (non-hydrogen) atoms. The number of carbonyl (C=O) groups is 4. The van der Waals surface area contributed by atoms with Crippen LogP contribution in [0, 0.1) is 0 Å². The first-order valence-electron chi connectivity index (χ1n) is 11.5. The molecule has 0 aliphatic carbocycles. The van der Waals surface area contributed by atoms with Gasteiger partial charge in [0.1, 0.15) is 19.3 Å². The lowest BCUT2D eigenvalue weighted by Crippen LogP contribution is -2.46. The molecule has 0 spiro atoms. The van der Waals surface area contributed by atoms with Crippen LogP contribution in [0.1, 0.15) is 24.5 Å². The van der Waals surface area contributed by atoms with Gasteiger partial charge in [-0.1, -0.05) is 60.7 Å². The largest absolute Gasteiger partial charge is 0.463 e. The van der Waals surface area contributed by atoms with Crippen molar-refractivity contribution in [3.05, 3.63) is 83.9 Å². The van der Waals surface area contributed by atoms with Gasteiger partial charge in [0.05, 0.1) is 12.4 Å². The second kappa shape index (κ2) is 15.8. The van der Waals surface area contributed by atoms with Gasteiger partial charge < -0.3 is 19.5 Å². The van der Waals surface area contributed by atoms with E-state index >= 15 is 0 Å². The van der Waals surface area contributed by atoms with Crippen LogP contribution in [0.25, 0.3) is 0 Å². The first-order valence-corrected chi connectivity index (χ1v) is 13.2. The number of hydrogen-bond acceptors (Lipinski definition) is 9. The maximum atomic E-state index is 12.7. The maximum absolute atomic E-state index is 12.7. The molecule has 0 bridgehead atoms. The molecule has 2 rings (SSSR count). The third-order valence-corrected chi connectivity index (χ3v) is 5.86. The molecule has 0 saturated carbocycles. The number of benzene rings is 2. The topological polar surface area (TPSA) is 166 Å². The van der Waals surface area contributed by atoms with Crippen LogP contribution in [-0.4, -0.2) is 50.8 Å². The molecule has 0 aliphatic heterocycles. The fourth-order valence-corrected chi connectivity index (χ4v) is 3.72. The van der Waals surface area contributed by atoms with E-state index in [0.29, 0.717) is 11.1 Å². The van der Waals surface area contributed by atoms with Crippen molar-refractivity contribution in [2.75, 3.05) is 12.4 Å². The zero-order valence-electron chi connectivity index (χ0n) is 20.6. The number of sulfonamides is 1. The Bertz CT molecular complexity index is 1200. The van der Waals surface area contributed by atoms with Gasteiger partial charge >= 0.3 is 18.0 Å². The van der Waals surface area contributed by atoms with E-state index in [4.69, 9.17) is 9.47 Å². The van der Waals surface area contributed by atoms with E-state index in [1.54, 1.807) is 67.6 Å². The summed E-state index contributed by atoms with van der Waals surface area (Å²) in [5, 5.41) is 2.33. The number of amides is 2. The summed E-state index contributed by atoms with van der Waals surface area (Å²) in [5.41, 5.74) is 3.31. The smallest absolute Gasteiger partial charge is 0.408 e. The van der Waals surface area contributed by atoms with E-state index in [1.807, 2.05) is 10.3 Å². The highest BCUT2D eigenvalue weighted by Crippen LogP contribution is 2.06. The molecule has 1 unspecified atom stereocenters. The van der Waals surface area contributed by atoms with Crippen molar-refractivity contribution in [2.24, 2.45) is 0 Å². The van der Waals surface area contributed by atoms with Gasteiger partial charge in [-0.05, 0) is 24.5 Å². The van der Waals surface area contributed by atoms with Crippen molar-refractivity contribution in [2.45, 2.75) is 32.6 Å². The summed E-state index contributed by atoms with van der Waals surface area (Å²) in [7, 11) is -4.14. The molecule has 0 aliphatic rings. The lowest BCUT2D eigenvalue weighted by molar-refractivity contribution is -0.147. The summed E-state index contributed by atoms with van der Waals surface area (Å²) < 4.78 is 39.7. The number of hydrazine groups is 1. The monoisotopic (exact) mass is 547 g/mol. The molecular formula is C25H29N3O9S. The lowest BCUT2D eigenvalue weighted by Gasteiger charge is -2.18. The highest BCUT2D eigenvalue weighted by molar-refractivity contribution is 7.89. The van der Waals surface area contributed by atoms with Crippen LogP contribution in [0.3, 0.4) is 0 Å². The van der Waals surface area contributed by atoms with E-state index in [1.165, 1.54) is 0 Å². The Balaban J connectivity index is 1.95. The molecule has 13 heteroatoms. The van der Waals surface area contributed by atoms with Gasteiger partial charge in [0, 0.05) is 12.2 Å². The first kappa shape index (κ1) is 30.0. The van der Waals surface area contributed by atoms with Crippen molar-refractivity contribution in [3.63, 3.8) is 0 Å². The third-order valence-electron chi connectivity index (χ3n) is 4.68. The van der Waals surface area contributed by atoms with Crippen LogP contribution in [-0.2, 0) is 51.8 Å². The molecular weight excluding hydrogens is 518 g/mol. The maximum Gasteiger partial charge on any atom is 0.408 e. The van der Waals surface area contributed by atoms with Crippen LogP contribution in [0.5, 0.6) is 0 Å². The van der Waals surface area contributed by atoms with Crippen molar-refractivity contribution in [3.8, 4) is 0 Å². The number of nitrogens with one attached hydrogen (secondary N) is 3. The Morgan fingerprint density at radius 2 is 1.42 bits per heavy atom. The predicted octanol–water partition coefficient (Wildman–Crippen LogP) is 1.48. The van der Waals surface area contributed by atoms with Crippen LogP contribution in [0.15, 0.2) is 72.8 Å². The second-order valence-corrected chi connectivity index (χ2v) is 9.48. The molecule has 0 radical (unpaired) electrons. The predicted molar refractivity (Wildman–Crippen MR) is 135 cm³/mol. The molecule has 0 saturated heterocycles. The fraction of sp³-hybridized carbons (Fsp3) is 0.280. The van der Waals surface area contributed by atoms with Gasteiger partial charge in [0.2, 0.25) is 10.0 Å². The number of hydrogen-bond donors (Lipinski definition) is 3. The summed E-state index contributed by atoms with van der Waals surface area (Å²) in [6.45, 7) is 1.54. The van der Waals surface area contributed by atoms with Crippen LogP contribution >= 0.6 is 0 Å². The van der Waals surface area contributed by atoms with E-state index in [2.05, 4.69) is 10.1 Å². The molecule has 2 aromatic rings. The average Bonchev–Trinajstić information content (AvgIpc) is 2.92. The molecule has 0 heterocycles. The van der Waals surface area contributed by atoms with E-state index in [0.717, 1.165) is 12.2 Å². The van der Waals surface area contributed by atoms with E-state index in [9.17, 15) is 27.6 Å². The highest BCUT2D eigenvalue weighted by atomic mass is 32.2. The van der Waals surface area contributed by atoms with Crippen molar-refractivity contribution in [1.82, 2.24) is 15.6 Å². The Morgan fingerprint density at radius 1 is 0.842 bits per heavy atom. The number of esters is 2. The van der Waals surface area contributed by atoms with Crippen LogP contribution in [0.2, 0.25) is 0 Å². The number of carbonyl (C=O) groups excluding carboxylic acids is 4. The van der Waals surface area contributed by atoms with Crippen LogP contribution in [0.4, 0.5) is 4.79 Å². The minimum atomic E-state index is -4.14. The first-order chi connectivity index (χ1) is 18.2. The van der Waals surface area contributed by atoms with Gasteiger partial charge in [-0.15, -0.1) is 4.83 Å². The molecule has 2 amide bonds. The zero-order chi connectivity index (χ0) is 27.8. The van der Waals surface area contributed by atoms with Gasteiger partial charge in [-0.3, -0.25) is 10.2 Å². The molecule has 2 aromatic carbocycles. The summed E-state index contributed by atoms with van der Waals surface area (Å²) in [6.07, 6.45) is 0.280. The van der Waals surface area contributed by atoms with Crippen molar-refractivity contribution < 1.29 is 41.8 Å². The minimum Gasteiger partial charge on any atom is -0.463 e. The lowest BCUT2D eigenvalue weighted by atomic mass is 10.2. The second-order valence-electron chi connectivity index (χ2n) is 7.64. The minimum absolute atomic E-state index is 0.0658. The fourth-order valence-electron chi connectivity index (χ4n) is 2.81. The summed E-state index contributed by atoms with van der Waals surface area (Å²) in [6, 6.07) is 16.2. The molecule has 204 valence electrons. The quantitative estimate of drug-likeness (QED) is 0.137. The Hall–Kier alpha value is -4.23. The molecule has 0 fully saturated rings. The van der Waals surface area contributed by atoms with Gasteiger partial charge in [0.15, 0.2) is 0 Å².